The third kappa shape index (κ3) is 3.92. The highest BCUT2D eigenvalue weighted by Crippen LogP contribution is 2.41. The lowest BCUT2D eigenvalue weighted by Crippen LogP contribution is -2.14. The van der Waals surface area contributed by atoms with Gasteiger partial charge in [0.15, 0.2) is 0 Å². The first-order valence-corrected chi connectivity index (χ1v) is 15.4. The van der Waals surface area contributed by atoms with Gasteiger partial charge in [-0.3, -0.25) is 0 Å². The molecule has 2 atom stereocenters. The van der Waals surface area contributed by atoms with Crippen LogP contribution in [0.5, 0.6) is 0 Å². The van der Waals surface area contributed by atoms with Crippen LogP contribution in [0.2, 0.25) is 0 Å². The Morgan fingerprint density at radius 1 is 0.628 bits per heavy atom. The van der Waals surface area contributed by atoms with E-state index < -0.39 is 0 Å². The molecule has 0 saturated carbocycles. The van der Waals surface area contributed by atoms with Gasteiger partial charge < -0.3 is 4.57 Å². The number of nitrogens with zero attached hydrogens (tertiary/aromatic N) is 1. The van der Waals surface area contributed by atoms with E-state index in [1.54, 1.807) is 0 Å². The summed E-state index contributed by atoms with van der Waals surface area (Å²) in [5.74, 6) is 0.771. The summed E-state index contributed by atoms with van der Waals surface area (Å²) in [5, 5.41) is 6.62. The monoisotopic (exact) mass is 549 g/mol. The van der Waals surface area contributed by atoms with Gasteiger partial charge in [-0.25, -0.2) is 0 Å². The Hall–Kier alpha value is -5.14. The van der Waals surface area contributed by atoms with E-state index in [1.807, 2.05) is 0 Å². The number of hydrogen-bond donors (Lipinski definition) is 0. The quantitative estimate of drug-likeness (QED) is 0.207. The summed E-state index contributed by atoms with van der Waals surface area (Å²) >= 11 is 0. The molecule has 1 heteroatoms. The first-order chi connectivity index (χ1) is 21.3. The summed E-state index contributed by atoms with van der Waals surface area (Å²) in [6, 6.07) is 36.4. The zero-order valence-electron chi connectivity index (χ0n) is 23.9. The summed E-state index contributed by atoms with van der Waals surface area (Å²) in [6.07, 6.45) is 22.5. The van der Waals surface area contributed by atoms with Crippen LogP contribution in [-0.2, 0) is 6.42 Å². The average Bonchev–Trinajstić information content (AvgIpc) is 3.42. The molecule has 0 N–H and O–H groups in total. The van der Waals surface area contributed by atoms with Gasteiger partial charge in [-0.05, 0) is 98.6 Å². The number of para-hydroxylation sites is 1. The number of hydrogen-bond acceptors (Lipinski definition) is 0. The van der Waals surface area contributed by atoms with Gasteiger partial charge in [-0.1, -0.05) is 115 Å². The summed E-state index contributed by atoms with van der Waals surface area (Å²) in [6.45, 7) is 0. The molecule has 0 saturated heterocycles. The van der Waals surface area contributed by atoms with E-state index in [0.717, 1.165) is 12.8 Å². The molecule has 6 aromatic rings. The molecular weight excluding hydrogens is 518 g/mol. The van der Waals surface area contributed by atoms with Crippen molar-refractivity contribution in [3.05, 3.63) is 168 Å². The Kier molecular flexibility index (Phi) is 5.52. The molecular formula is C42H31N. The SMILES string of the molecule is C1=CC2=CC=CC(c3ccc4ccc(-c5ccc6c(ccc7c6c6c(n7-c7ccccc7)C=CCC6)c5)cc4c3)C2C=C1. The van der Waals surface area contributed by atoms with Crippen LogP contribution >= 0.6 is 0 Å². The third-order valence-electron chi connectivity index (χ3n) is 9.62. The fourth-order valence-corrected chi connectivity index (χ4v) is 7.54. The third-order valence-corrected chi connectivity index (χ3v) is 9.62. The Morgan fingerprint density at radius 2 is 1.44 bits per heavy atom. The Balaban J connectivity index is 1.14. The van der Waals surface area contributed by atoms with Crippen molar-refractivity contribution in [3.63, 3.8) is 0 Å². The molecule has 43 heavy (non-hydrogen) atoms. The van der Waals surface area contributed by atoms with Crippen LogP contribution in [-0.4, -0.2) is 4.57 Å². The fraction of sp³-hybridized carbons (Fsp3) is 0.0952. The first-order valence-electron chi connectivity index (χ1n) is 15.4. The van der Waals surface area contributed by atoms with Gasteiger partial charge in [0.05, 0.1) is 5.52 Å². The van der Waals surface area contributed by atoms with Gasteiger partial charge in [-0.2, -0.15) is 0 Å². The topological polar surface area (TPSA) is 4.93 Å². The minimum atomic E-state index is 0.362. The second-order valence-electron chi connectivity index (χ2n) is 12.0. The number of fused-ring (bicyclic) bond motifs is 7. The van der Waals surface area contributed by atoms with E-state index in [-0.39, 0.29) is 0 Å². The average molecular weight is 550 g/mol. The fourth-order valence-electron chi connectivity index (χ4n) is 7.54. The van der Waals surface area contributed by atoms with Gasteiger partial charge in [0.1, 0.15) is 0 Å². The van der Waals surface area contributed by atoms with E-state index in [0.29, 0.717) is 11.8 Å². The Morgan fingerprint density at radius 3 is 2.37 bits per heavy atom. The van der Waals surface area contributed by atoms with Crippen molar-refractivity contribution >= 4 is 38.5 Å². The number of allylic oxidation sites excluding steroid dienone is 9. The highest BCUT2D eigenvalue weighted by molar-refractivity contribution is 6.11. The molecule has 5 aromatic carbocycles. The summed E-state index contributed by atoms with van der Waals surface area (Å²) in [7, 11) is 0. The highest BCUT2D eigenvalue weighted by Gasteiger charge is 2.25. The molecule has 9 rings (SSSR count). The second kappa shape index (κ2) is 9.71. The standard InChI is InChI=1S/C42H31N/c1-2-11-35(12-3-1)43-40-16-7-6-14-39(40)42-38-23-21-31(25-33(38)22-24-41(42)43)30-19-17-28-18-20-32(27-34(28)26-30)37-15-8-10-29-9-4-5-13-36(29)37/h1-5,7-13,15-27,36-37H,6,14H2. The van der Waals surface area contributed by atoms with Crippen molar-refractivity contribution in [1.29, 1.82) is 0 Å². The lowest BCUT2D eigenvalue weighted by Gasteiger charge is -2.28. The maximum absolute atomic E-state index is 2.44. The van der Waals surface area contributed by atoms with Crippen molar-refractivity contribution in [1.82, 2.24) is 4.57 Å². The molecule has 0 fully saturated rings. The molecule has 0 bridgehead atoms. The van der Waals surface area contributed by atoms with Crippen molar-refractivity contribution in [2.75, 3.05) is 0 Å². The molecule has 0 radical (unpaired) electrons. The van der Waals surface area contributed by atoms with Crippen LogP contribution in [0, 0.1) is 5.92 Å². The van der Waals surface area contributed by atoms with E-state index in [1.165, 1.54) is 71.7 Å². The highest BCUT2D eigenvalue weighted by atomic mass is 15.0. The molecule has 2 unspecified atom stereocenters. The van der Waals surface area contributed by atoms with Gasteiger partial charge >= 0.3 is 0 Å². The van der Waals surface area contributed by atoms with Gasteiger partial charge in [0, 0.05) is 28.6 Å². The normalized spacial score (nSPS) is 18.7. The maximum atomic E-state index is 2.44. The summed E-state index contributed by atoms with van der Waals surface area (Å²) in [5.41, 5.74) is 10.6. The molecule has 3 aliphatic carbocycles. The largest absolute Gasteiger partial charge is 0.310 e. The van der Waals surface area contributed by atoms with Crippen molar-refractivity contribution in [2.45, 2.75) is 18.8 Å². The van der Waals surface area contributed by atoms with E-state index in [9.17, 15) is 0 Å². The van der Waals surface area contributed by atoms with Crippen LogP contribution in [0.15, 0.2) is 151 Å². The van der Waals surface area contributed by atoms with Crippen LogP contribution < -0.4 is 0 Å². The predicted octanol–water partition coefficient (Wildman–Crippen LogP) is 10.9. The molecule has 0 amide bonds. The van der Waals surface area contributed by atoms with Gasteiger partial charge in [0.25, 0.3) is 0 Å². The van der Waals surface area contributed by atoms with E-state index in [2.05, 4.69) is 156 Å². The minimum Gasteiger partial charge on any atom is -0.310 e. The molecule has 0 aliphatic heterocycles. The second-order valence-corrected chi connectivity index (χ2v) is 12.0. The number of aryl methyl sites for hydroxylation is 1. The maximum Gasteiger partial charge on any atom is 0.0544 e. The van der Waals surface area contributed by atoms with Crippen molar-refractivity contribution in [3.8, 4) is 16.8 Å². The smallest absolute Gasteiger partial charge is 0.0544 e. The summed E-state index contributed by atoms with van der Waals surface area (Å²) in [4.78, 5) is 0. The molecule has 1 nitrogen and oxygen atoms in total. The van der Waals surface area contributed by atoms with E-state index in [4.69, 9.17) is 0 Å². The number of rotatable bonds is 3. The van der Waals surface area contributed by atoms with Crippen LogP contribution in [0.4, 0.5) is 0 Å². The van der Waals surface area contributed by atoms with Crippen LogP contribution in [0.3, 0.4) is 0 Å². The minimum absolute atomic E-state index is 0.362. The molecule has 0 spiro atoms. The van der Waals surface area contributed by atoms with Gasteiger partial charge in [-0.15, -0.1) is 0 Å². The van der Waals surface area contributed by atoms with Gasteiger partial charge in [0.2, 0.25) is 0 Å². The summed E-state index contributed by atoms with van der Waals surface area (Å²) < 4.78 is 2.44. The first kappa shape index (κ1) is 24.5. The number of benzene rings is 5. The van der Waals surface area contributed by atoms with Crippen LogP contribution in [0.1, 0.15) is 29.2 Å². The lowest BCUT2D eigenvalue weighted by atomic mass is 9.76. The zero-order chi connectivity index (χ0) is 28.3. The molecule has 1 aromatic heterocycles. The number of aromatic nitrogens is 1. The lowest BCUT2D eigenvalue weighted by molar-refractivity contribution is 0.671. The molecule has 1 heterocycles. The Labute approximate surface area is 252 Å². The van der Waals surface area contributed by atoms with Crippen molar-refractivity contribution < 1.29 is 0 Å². The van der Waals surface area contributed by atoms with Crippen LogP contribution in [0.25, 0.3) is 55.3 Å². The van der Waals surface area contributed by atoms with E-state index >= 15 is 0 Å². The molecule has 3 aliphatic rings. The Bertz CT molecular complexity index is 2230. The predicted molar refractivity (Wildman–Crippen MR) is 183 cm³/mol. The zero-order valence-corrected chi connectivity index (χ0v) is 23.9. The molecule has 204 valence electrons. The van der Waals surface area contributed by atoms with Crippen molar-refractivity contribution in [2.24, 2.45) is 5.92 Å².